The molecule has 0 aliphatic carbocycles. The Morgan fingerprint density at radius 2 is 1.10 bits per heavy atom. The van der Waals surface area contributed by atoms with Crippen LogP contribution in [0, 0.1) is 27.1 Å². The van der Waals surface area contributed by atoms with Gasteiger partial charge in [-0.15, -0.1) is 5.11 Å². The van der Waals surface area contributed by atoms with E-state index in [4.69, 9.17) is 33.0 Å². The molecule has 21 heteroatoms. The van der Waals surface area contributed by atoms with Crippen LogP contribution in [0.2, 0.25) is 33.6 Å². The van der Waals surface area contributed by atoms with Gasteiger partial charge in [-0.1, -0.05) is 242 Å². The van der Waals surface area contributed by atoms with Gasteiger partial charge < -0.3 is 43.3 Å². The normalized spacial score (nSPS) is 18.2. The van der Waals surface area contributed by atoms with Gasteiger partial charge in [-0.2, -0.15) is 5.11 Å². The lowest BCUT2D eigenvalue weighted by Crippen LogP contribution is -2.34. The van der Waals surface area contributed by atoms with Crippen molar-refractivity contribution in [3.8, 4) is 5.75 Å². The first-order valence-electron chi connectivity index (χ1n) is 33.2. The van der Waals surface area contributed by atoms with Gasteiger partial charge in [-0.25, -0.2) is 4.99 Å². The largest absolute Gasteiger partial charge is 0.561 e. The summed E-state index contributed by atoms with van der Waals surface area (Å²) in [5, 5.41) is 28.6. The number of hydrogen-bond acceptors (Lipinski definition) is 14. The summed E-state index contributed by atoms with van der Waals surface area (Å²) >= 11 is 0. The smallest absolute Gasteiger partial charge is 0.487 e. The molecule has 0 spiro atoms. The number of allylic oxidation sites excluding steroid dienone is 1. The fraction of sp³-hybridized carbons (Fsp3) is 0.662. The van der Waals surface area contributed by atoms with Gasteiger partial charge in [-0.3, -0.25) is 14.8 Å². The molecule has 1 unspecified atom stereocenters. The lowest BCUT2D eigenvalue weighted by atomic mass is 9.63. The molecule has 0 aromatic heterocycles. The molecule has 3 N–H and O–H groups in total. The quantitative estimate of drug-likeness (QED) is 0.184. The highest BCUT2D eigenvalue weighted by Gasteiger charge is 2.37. The molecule has 1 saturated heterocycles. The highest BCUT2D eigenvalue weighted by Crippen LogP contribution is 2.35. The summed E-state index contributed by atoms with van der Waals surface area (Å²) in [6.07, 6.45) is 5.85. The molecule has 8 aliphatic heterocycles. The molecule has 15 nitrogen and oxygen atoms in total. The molecule has 8 heterocycles. The van der Waals surface area contributed by atoms with Crippen LogP contribution >= 0.6 is 0 Å². The van der Waals surface area contributed by atoms with E-state index < -0.39 is 14.2 Å². The topological polar surface area (TPSA) is 187 Å². The maximum Gasteiger partial charge on any atom is 0.487 e. The van der Waals surface area contributed by atoms with E-state index in [2.05, 4.69) is 251 Å². The second-order valence-corrected chi connectivity index (χ2v) is 33.5. The van der Waals surface area contributed by atoms with Gasteiger partial charge in [0.15, 0.2) is 18.4 Å². The van der Waals surface area contributed by atoms with Gasteiger partial charge in [0, 0.05) is 29.0 Å². The first kappa shape index (κ1) is 81.5. The van der Waals surface area contributed by atoms with Crippen molar-refractivity contribution >= 4 is 76.3 Å². The standard InChI is InChI=1S/3C12H17BO.C7H14BNO.C7H13BO2.C7H15BO2.C7H12N2O.C6H11N3.CH4/c1-12(2,3)10-5-6-11-9(7-10)8-14-13(11)4;1-12(2,3)10-6-5-9-8-14-13(4)11(9)7-10;1-12(2,3)10-6-5-9-8-13(4)14-11(9)7-10;1-7(2,3)6-9-5-8(4)10-6;1-7(2,3)6-4-5-10-8(6)9;1-7(2,3)6-4-5-8(9)10-6;1-7(2,3)6-8-4-5(10)9-6;1-6(2,3)5-7-4-8-9-5;/h3*5-7H,8H2,1-4H3;5H2,1-4H3;4,9H,5H2,1-3H3;6,9H,4-5H2,1-3H3;4H2,1-3H3,(H,8,9,10);4H2,1-3H3;1H4. The van der Waals surface area contributed by atoms with Gasteiger partial charge in [-0.05, 0) is 116 Å². The lowest BCUT2D eigenvalue weighted by Gasteiger charge is -2.26. The van der Waals surface area contributed by atoms with E-state index in [1.807, 2.05) is 33.7 Å². The molecule has 0 radical (unpaired) electrons. The number of benzene rings is 3. The number of fused-ring (bicyclic) bond motifs is 3. The summed E-state index contributed by atoms with van der Waals surface area (Å²) in [6, 6.07) is 20.1. The first-order valence-corrected chi connectivity index (χ1v) is 33.2. The molecule has 3 aromatic carbocycles. The number of azo groups is 1. The highest BCUT2D eigenvalue weighted by atomic mass is 16.5. The third-order valence-corrected chi connectivity index (χ3v) is 16.2. The molecule has 1 atom stereocenters. The monoisotopic (exact) mass is 1270 g/mol. The number of nitrogens with zero attached hydrogens (tertiary/aromatic N) is 5. The van der Waals surface area contributed by atoms with Crippen LogP contribution in [0.5, 0.6) is 5.75 Å². The number of nitrogens with one attached hydrogen (secondary N) is 1. The highest BCUT2D eigenvalue weighted by molar-refractivity contribution is 6.68. The molecule has 0 bridgehead atoms. The van der Waals surface area contributed by atoms with Crippen LogP contribution in [0.1, 0.15) is 213 Å². The molecule has 3 aromatic rings. The predicted molar refractivity (Wildman–Crippen MR) is 394 cm³/mol. The number of hydrogen-bond donors (Lipinski definition) is 3. The van der Waals surface area contributed by atoms with Gasteiger partial charge in [0.1, 0.15) is 18.1 Å². The van der Waals surface area contributed by atoms with Crippen LogP contribution in [0.15, 0.2) is 91.4 Å². The Hall–Kier alpha value is -4.77. The fourth-order valence-corrected chi connectivity index (χ4v) is 10.3. The molecule has 8 aliphatic rings. The van der Waals surface area contributed by atoms with Crippen molar-refractivity contribution in [3.63, 3.8) is 0 Å². The molecule has 92 heavy (non-hydrogen) atoms. The zero-order valence-electron chi connectivity index (χ0n) is 61.7. The molecule has 1 amide bonds. The van der Waals surface area contributed by atoms with Crippen LogP contribution in [0.4, 0.5) is 0 Å². The Morgan fingerprint density at radius 1 is 0.554 bits per heavy atom. The summed E-state index contributed by atoms with van der Waals surface area (Å²) in [5.74, 6) is 3.66. The summed E-state index contributed by atoms with van der Waals surface area (Å²) in [5.41, 5.74) is 13.0. The van der Waals surface area contributed by atoms with E-state index in [1.54, 1.807) is 0 Å². The van der Waals surface area contributed by atoms with Gasteiger partial charge >= 0.3 is 41.9 Å². The Balaban J connectivity index is 0.000000276. The summed E-state index contributed by atoms with van der Waals surface area (Å²) in [7, 11) is -1.18. The fourth-order valence-electron chi connectivity index (χ4n) is 10.3. The second kappa shape index (κ2) is 33.3. The Morgan fingerprint density at radius 3 is 1.48 bits per heavy atom. The predicted octanol–water partition coefficient (Wildman–Crippen LogP) is 14.7. The maximum absolute atomic E-state index is 10.7. The zero-order chi connectivity index (χ0) is 69.0. The van der Waals surface area contributed by atoms with E-state index in [1.165, 1.54) is 44.3 Å². The van der Waals surface area contributed by atoms with Crippen LogP contribution < -0.4 is 20.9 Å². The van der Waals surface area contributed by atoms with E-state index >= 15 is 0 Å². The third-order valence-electron chi connectivity index (χ3n) is 16.2. The van der Waals surface area contributed by atoms with E-state index in [9.17, 15) is 9.82 Å². The molecular formula is C71H120B6N6O9. The van der Waals surface area contributed by atoms with E-state index in [0.717, 1.165) is 67.5 Å². The van der Waals surface area contributed by atoms with Crippen molar-refractivity contribution in [2.75, 3.05) is 26.3 Å². The Labute approximate surface area is 561 Å². The van der Waals surface area contributed by atoms with Crippen LogP contribution in [-0.4, -0.2) is 108 Å². The SMILES string of the molecule is C.CB1CN=C(C(C)(C)C)O1.CB1Cc2ccc(C(C)(C)C)cc2O1.CB1OCc2cc(C(C)(C)C)ccc21.CB1OCc2ccc(C(C)(C)C)cc21.CC(C)(C)C1=CCOB1O.CC(C)(C)C1=NCC(=O)N1.CC(C)(C)C1=NCN=N1.CC(C)(C)C1CCB(O)O1. The van der Waals surface area contributed by atoms with Crippen LogP contribution in [-0.2, 0) is 63.8 Å². The molecule has 0 saturated carbocycles. The molecule has 1 fully saturated rings. The second-order valence-electron chi connectivity index (χ2n) is 33.5. The van der Waals surface area contributed by atoms with Gasteiger partial charge in [0.2, 0.25) is 5.91 Å². The minimum absolute atomic E-state index is 0. The molecule has 11 rings (SSSR count). The van der Waals surface area contributed by atoms with Gasteiger partial charge in [0.25, 0.3) is 0 Å². The number of amides is 1. The van der Waals surface area contributed by atoms with Crippen molar-refractivity contribution < 1.29 is 42.8 Å². The Kier molecular flexibility index (Phi) is 29.5. The lowest BCUT2D eigenvalue weighted by molar-refractivity contribution is -0.117. The van der Waals surface area contributed by atoms with Crippen LogP contribution in [0.25, 0.3) is 0 Å². The summed E-state index contributed by atoms with van der Waals surface area (Å²) in [4.78, 5) is 23.1. The minimum atomic E-state index is -0.667. The summed E-state index contributed by atoms with van der Waals surface area (Å²) in [6.45, 7) is 63.9. The van der Waals surface area contributed by atoms with Crippen molar-refractivity contribution in [1.29, 1.82) is 0 Å². The maximum atomic E-state index is 10.7. The van der Waals surface area contributed by atoms with Crippen molar-refractivity contribution in [3.05, 3.63) is 99.5 Å². The number of aliphatic imine (C=N–C) groups is 3. The van der Waals surface area contributed by atoms with Crippen molar-refractivity contribution in [2.45, 2.75) is 256 Å². The Bertz CT molecular complexity index is 3040. The van der Waals surface area contributed by atoms with Gasteiger partial charge in [0.05, 0.1) is 19.7 Å². The minimum Gasteiger partial charge on any atom is -0.561 e. The molecular weight excluding hydrogens is 1150 g/mol. The number of amidine groups is 2. The van der Waals surface area contributed by atoms with Crippen molar-refractivity contribution in [1.82, 2.24) is 5.32 Å². The number of carbonyl (C=O) groups is 1. The average Bonchev–Trinajstić information content (AvgIpc) is 1.66. The number of carbonyl (C=O) groups excluding carboxylic acids is 1. The van der Waals surface area contributed by atoms with Crippen molar-refractivity contribution in [2.24, 2.45) is 52.3 Å². The number of rotatable bonds is 0. The zero-order valence-corrected chi connectivity index (χ0v) is 61.7. The summed E-state index contributed by atoms with van der Waals surface area (Å²) < 4.78 is 32.6. The molecule has 506 valence electrons. The first-order chi connectivity index (χ1) is 41.5. The van der Waals surface area contributed by atoms with E-state index in [-0.39, 0.29) is 83.5 Å². The van der Waals surface area contributed by atoms with E-state index in [0.29, 0.717) is 26.7 Å². The van der Waals surface area contributed by atoms with Crippen LogP contribution in [0.3, 0.4) is 0 Å². The average molecular weight is 1270 g/mol. The third kappa shape index (κ3) is 26.1.